The van der Waals surface area contributed by atoms with E-state index in [1.807, 2.05) is 20.8 Å². The molecular weight excluding hydrogens is 262 g/mol. The highest BCUT2D eigenvalue weighted by molar-refractivity contribution is 5.31. The van der Waals surface area contributed by atoms with Gasteiger partial charge < -0.3 is 9.84 Å². The van der Waals surface area contributed by atoms with Gasteiger partial charge in [-0.3, -0.25) is 0 Å². The summed E-state index contributed by atoms with van der Waals surface area (Å²) in [5.41, 5.74) is -0.936. The van der Waals surface area contributed by atoms with E-state index in [-0.39, 0.29) is 6.10 Å². The van der Waals surface area contributed by atoms with Gasteiger partial charge in [-0.25, -0.2) is 8.78 Å². The fourth-order valence-electron chi connectivity index (χ4n) is 2.19. The number of hydrogen-bond acceptors (Lipinski definition) is 2. The SMILES string of the molecule is CCCC(O)(CC(F)F)c1ccc(OC(C)CC)cc1. The van der Waals surface area contributed by atoms with Crippen LogP contribution in [0.3, 0.4) is 0 Å². The third kappa shape index (κ3) is 4.75. The first-order chi connectivity index (χ1) is 9.41. The van der Waals surface area contributed by atoms with Gasteiger partial charge in [0.15, 0.2) is 0 Å². The quantitative estimate of drug-likeness (QED) is 0.762. The fraction of sp³-hybridized carbons (Fsp3) is 0.625. The number of aliphatic hydroxyl groups is 1. The predicted octanol–water partition coefficient (Wildman–Crippen LogP) is 4.51. The van der Waals surface area contributed by atoms with Crippen LogP contribution in [0.5, 0.6) is 5.75 Å². The van der Waals surface area contributed by atoms with E-state index in [4.69, 9.17) is 4.74 Å². The molecule has 1 N–H and O–H groups in total. The average molecular weight is 286 g/mol. The lowest BCUT2D eigenvalue weighted by Crippen LogP contribution is -2.28. The van der Waals surface area contributed by atoms with E-state index in [1.54, 1.807) is 24.3 Å². The molecule has 0 aliphatic rings. The van der Waals surface area contributed by atoms with E-state index >= 15 is 0 Å². The average Bonchev–Trinajstić information content (AvgIpc) is 2.38. The number of ether oxygens (including phenoxy) is 1. The van der Waals surface area contributed by atoms with E-state index in [0.29, 0.717) is 24.2 Å². The summed E-state index contributed by atoms with van der Waals surface area (Å²) >= 11 is 0. The Morgan fingerprint density at radius 3 is 2.25 bits per heavy atom. The molecule has 114 valence electrons. The van der Waals surface area contributed by atoms with Crippen LogP contribution in [0.25, 0.3) is 0 Å². The van der Waals surface area contributed by atoms with Crippen LogP contribution in [0.4, 0.5) is 8.78 Å². The van der Waals surface area contributed by atoms with Gasteiger partial charge in [-0.2, -0.15) is 0 Å². The minimum atomic E-state index is -2.53. The van der Waals surface area contributed by atoms with Gasteiger partial charge in [-0.15, -0.1) is 0 Å². The molecule has 0 bridgehead atoms. The maximum Gasteiger partial charge on any atom is 0.241 e. The summed E-state index contributed by atoms with van der Waals surface area (Å²) in [7, 11) is 0. The first-order valence-electron chi connectivity index (χ1n) is 7.19. The van der Waals surface area contributed by atoms with Gasteiger partial charge >= 0.3 is 0 Å². The Labute approximate surface area is 119 Å². The van der Waals surface area contributed by atoms with Crippen LogP contribution in [0.15, 0.2) is 24.3 Å². The van der Waals surface area contributed by atoms with Crippen LogP contribution in [0.2, 0.25) is 0 Å². The number of hydrogen-bond donors (Lipinski definition) is 1. The summed E-state index contributed by atoms with van der Waals surface area (Å²) < 4.78 is 30.9. The molecule has 1 aromatic carbocycles. The number of benzene rings is 1. The number of alkyl halides is 2. The molecule has 0 fully saturated rings. The normalized spacial score (nSPS) is 15.9. The summed E-state index contributed by atoms with van der Waals surface area (Å²) in [5.74, 6) is 0.694. The molecule has 0 aliphatic heterocycles. The lowest BCUT2D eigenvalue weighted by Gasteiger charge is -2.28. The second kappa shape index (κ2) is 7.58. The van der Waals surface area contributed by atoms with Crippen LogP contribution < -0.4 is 4.74 Å². The van der Waals surface area contributed by atoms with Gasteiger partial charge in [-0.05, 0) is 37.5 Å². The van der Waals surface area contributed by atoms with Crippen LogP contribution in [-0.4, -0.2) is 17.6 Å². The van der Waals surface area contributed by atoms with E-state index in [1.165, 1.54) is 0 Å². The molecule has 0 aromatic heterocycles. The maximum absolute atomic E-state index is 12.7. The summed E-state index contributed by atoms with van der Waals surface area (Å²) in [6, 6.07) is 6.81. The van der Waals surface area contributed by atoms with Gasteiger partial charge in [0.1, 0.15) is 5.75 Å². The summed E-state index contributed by atoms with van der Waals surface area (Å²) in [6.45, 7) is 5.87. The van der Waals surface area contributed by atoms with Gasteiger partial charge in [0.2, 0.25) is 6.43 Å². The van der Waals surface area contributed by atoms with Crippen molar-refractivity contribution >= 4 is 0 Å². The van der Waals surface area contributed by atoms with Crippen molar-refractivity contribution in [2.75, 3.05) is 0 Å². The highest BCUT2D eigenvalue weighted by Crippen LogP contribution is 2.33. The third-order valence-corrected chi connectivity index (χ3v) is 3.46. The minimum Gasteiger partial charge on any atom is -0.491 e. The van der Waals surface area contributed by atoms with Gasteiger partial charge in [0, 0.05) is 6.42 Å². The van der Waals surface area contributed by atoms with E-state index in [9.17, 15) is 13.9 Å². The van der Waals surface area contributed by atoms with Crippen molar-refractivity contribution in [3.05, 3.63) is 29.8 Å². The first kappa shape index (κ1) is 16.9. The third-order valence-electron chi connectivity index (χ3n) is 3.46. The molecule has 0 aliphatic carbocycles. The summed E-state index contributed by atoms with van der Waals surface area (Å²) in [5, 5.41) is 10.5. The second-order valence-electron chi connectivity index (χ2n) is 5.24. The molecule has 4 heteroatoms. The van der Waals surface area contributed by atoms with Crippen LogP contribution in [0.1, 0.15) is 52.0 Å². The molecule has 0 saturated carbocycles. The molecular formula is C16H24F2O2. The molecule has 2 unspecified atom stereocenters. The predicted molar refractivity (Wildman–Crippen MR) is 76.2 cm³/mol. The highest BCUT2D eigenvalue weighted by Gasteiger charge is 2.32. The van der Waals surface area contributed by atoms with Gasteiger partial charge in [-0.1, -0.05) is 32.4 Å². The maximum atomic E-state index is 12.7. The summed E-state index contributed by atoms with van der Waals surface area (Å²) in [4.78, 5) is 0. The largest absolute Gasteiger partial charge is 0.491 e. The zero-order valence-corrected chi connectivity index (χ0v) is 12.4. The number of rotatable bonds is 8. The number of halogens is 2. The lowest BCUT2D eigenvalue weighted by atomic mass is 9.86. The first-order valence-corrected chi connectivity index (χ1v) is 7.19. The monoisotopic (exact) mass is 286 g/mol. The lowest BCUT2D eigenvalue weighted by molar-refractivity contribution is -0.0334. The van der Waals surface area contributed by atoms with E-state index < -0.39 is 18.4 Å². The van der Waals surface area contributed by atoms with Crippen molar-refractivity contribution in [1.82, 2.24) is 0 Å². The van der Waals surface area contributed by atoms with Gasteiger partial charge in [0.05, 0.1) is 11.7 Å². The molecule has 2 nitrogen and oxygen atoms in total. The van der Waals surface area contributed by atoms with Crippen molar-refractivity contribution in [1.29, 1.82) is 0 Å². The van der Waals surface area contributed by atoms with Crippen molar-refractivity contribution < 1.29 is 18.6 Å². The second-order valence-corrected chi connectivity index (χ2v) is 5.24. The zero-order chi connectivity index (χ0) is 15.2. The Bertz CT molecular complexity index is 392. The molecule has 0 amide bonds. The van der Waals surface area contributed by atoms with Gasteiger partial charge in [0.25, 0.3) is 0 Å². The minimum absolute atomic E-state index is 0.108. The molecule has 0 radical (unpaired) electrons. The topological polar surface area (TPSA) is 29.5 Å². The van der Waals surface area contributed by atoms with E-state index in [0.717, 1.165) is 6.42 Å². The molecule has 0 heterocycles. The molecule has 1 aromatic rings. The van der Waals surface area contributed by atoms with Crippen molar-refractivity contribution in [3.63, 3.8) is 0 Å². The van der Waals surface area contributed by atoms with E-state index in [2.05, 4.69) is 0 Å². The molecule has 20 heavy (non-hydrogen) atoms. The van der Waals surface area contributed by atoms with Crippen molar-refractivity contribution in [2.24, 2.45) is 0 Å². The van der Waals surface area contributed by atoms with Crippen LogP contribution in [-0.2, 0) is 5.60 Å². The Morgan fingerprint density at radius 2 is 1.80 bits per heavy atom. The molecule has 1 rings (SSSR count). The Morgan fingerprint density at radius 1 is 1.20 bits per heavy atom. The molecule has 0 saturated heterocycles. The molecule has 0 spiro atoms. The van der Waals surface area contributed by atoms with Crippen molar-refractivity contribution in [2.45, 2.75) is 64.6 Å². The Kier molecular flexibility index (Phi) is 6.40. The van der Waals surface area contributed by atoms with Crippen LogP contribution >= 0.6 is 0 Å². The Balaban J connectivity index is 2.87. The summed E-state index contributed by atoms with van der Waals surface area (Å²) in [6.07, 6.45) is -1.09. The van der Waals surface area contributed by atoms with Crippen LogP contribution in [0, 0.1) is 0 Å². The fourth-order valence-corrected chi connectivity index (χ4v) is 2.19. The standard InChI is InChI=1S/C16H24F2O2/c1-4-10-16(19,11-15(17)18)13-6-8-14(9-7-13)20-12(3)5-2/h6-9,12,15,19H,4-5,10-11H2,1-3H3. The molecule has 2 atom stereocenters. The Hall–Kier alpha value is -1.16. The smallest absolute Gasteiger partial charge is 0.241 e. The zero-order valence-electron chi connectivity index (χ0n) is 12.4. The van der Waals surface area contributed by atoms with Crippen molar-refractivity contribution in [3.8, 4) is 5.75 Å². The highest BCUT2D eigenvalue weighted by atomic mass is 19.3.